The van der Waals surface area contributed by atoms with Gasteiger partial charge in [-0.25, -0.2) is 4.39 Å². The van der Waals surface area contributed by atoms with Crippen molar-refractivity contribution in [3.63, 3.8) is 0 Å². The van der Waals surface area contributed by atoms with E-state index in [2.05, 4.69) is 13.2 Å². The molecule has 0 aromatic heterocycles. The van der Waals surface area contributed by atoms with E-state index in [1.807, 2.05) is 19.1 Å². The van der Waals surface area contributed by atoms with Crippen molar-refractivity contribution in [3.8, 4) is 0 Å². The Hall–Kier alpha value is -1.63. The smallest absolute Gasteiger partial charge is 0.126 e. The van der Waals surface area contributed by atoms with Crippen LogP contribution >= 0.6 is 0 Å². The number of allylic oxidation sites excluding steroid dienone is 10. The van der Waals surface area contributed by atoms with Crippen LogP contribution in [0.3, 0.4) is 0 Å². The van der Waals surface area contributed by atoms with Gasteiger partial charge < -0.3 is 0 Å². The highest BCUT2D eigenvalue weighted by Crippen LogP contribution is 2.22. The quantitative estimate of drug-likeness (QED) is 0.571. The van der Waals surface area contributed by atoms with Crippen LogP contribution in [0, 0.1) is 0 Å². The lowest BCUT2D eigenvalue weighted by molar-refractivity contribution is 0.653. The van der Waals surface area contributed by atoms with Crippen LogP contribution in [0.5, 0.6) is 0 Å². The molecule has 0 rings (SSSR count). The van der Waals surface area contributed by atoms with E-state index in [0.717, 1.165) is 5.57 Å². The van der Waals surface area contributed by atoms with Crippen LogP contribution in [0.15, 0.2) is 72.7 Å². The predicted molar refractivity (Wildman–Crippen MR) is 66.2 cm³/mol. The molecule has 0 heterocycles. The van der Waals surface area contributed by atoms with Gasteiger partial charge in [-0.2, -0.15) is 0 Å². The van der Waals surface area contributed by atoms with E-state index in [4.69, 9.17) is 0 Å². The van der Waals surface area contributed by atoms with Gasteiger partial charge in [0.05, 0.1) is 0 Å². The first-order valence-corrected chi connectivity index (χ1v) is 4.81. The van der Waals surface area contributed by atoms with E-state index in [1.165, 1.54) is 6.08 Å². The summed E-state index contributed by atoms with van der Waals surface area (Å²) in [4.78, 5) is 0. The SMILES string of the molecule is C=C/C=C(C(\F)=C/C)/C(/C=C\C)=C/C=C. The highest BCUT2D eigenvalue weighted by atomic mass is 19.1. The van der Waals surface area contributed by atoms with Crippen LogP contribution < -0.4 is 0 Å². The van der Waals surface area contributed by atoms with Crippen molar-refractivity contribution in [2.45, 2.75) is 13.8 Å². The van der Waals surface area contributed by atoms with E-state index < -0.39 is 0 Å². The molecule has 0 atom stereocenters. The molecule has 0 aromatic rings. The first kappa shape index (κ1) is 13.4. The summed E-state index contributed by atoms with van der Waals surface area (Å²) in [5.41, 5.74) is 1.30. The molecule has 1 heteroatoms. The van der Waals surface area contributed by atoms with Crippen molar-refractivity contribution in [2.24, 2.45) is 0 Å². The first-order valence-electron chi connectivity index (χ1n) is 4.81. The Morgan fingerprint density at radius 2 is 1.67 bits per heavy atom. The van der Waals surface area contributed by atoms with Gasteiger partial charge in [0.25, 0.3) is 0 Å². The van der Waals surface area contributed by atoms with E-state index in [9.17, 15) is 4.39 Å². The molecule has 0 unspecified atom stereocenters. The highest BCUT2D eigenvalue weighted by Gasteiger charge is 2.05. The van der Waals surface area contributed by atoms with Crippen molar-refractivity contribution in [1.82, 2.24) is 0 Å². The summed E-state index contributed by atoms with van der Waals surface area (Å²) in [6.45, 7) is 10.7. The summed E-state index contributed by atoms with van der Waals surface area (Å²) in [7, 11) is 0. The van der Waals surface area contributed by atoms with E-state index in [-0.39, 0.29) is 5.83 Å². The minimum absolute atomic E-state index is 0.263. The van der Waals surface area contributed by atoms with Crippen molar-refractivity contribution in [1.29, 1.82) is 0 Å². The Labute approximate surface area is 91.5 Å². The van der Waals surface area contributed by atoms with E-state index in [0.29, 0.717) is 5.57 Å². The topological polar surface area (TPSA) is 0 Å². The molecule has 0 aliphatic rings. The Morgan fingerprint density at radius 3 is 2.07 bits per heavy atom. The van der Waals surface area contributed by atoms with Crippen LogP contribution in [0.2, 0.25) is 0 Å². The maximum absolute atomic E-state index is 13.5. The van der Waals surface area contributed by atoms with Crippen LogP contribution in [-0.4, -0.2) is 0 Å². The zero-order valence-corrected chi connectivity index (χ0v) is 9.33. The summed E-state index contributed by atoms with van der Waals surface area (Å²) in [6, 6.07) is 0. The third-order valence-electron chi connectivity index (χ3n) is 1.75. The largest absolute Gasteiger partial charge is 0.207 e. The summed E-state index contributed by atoms with van der Waals surface area (Å²) in [6.07, 6.45) is 11.7. The fourth-order valence-electron chi connectivity index (χ4n) is 1.13. The second-order valence-corrected chi connectivity index (χ2v) is 2.81. The molecule has 0 nitrogen and oxygen atoms in total. The van der Waals surface area contributed by atoms with E-state index >= 15 is 0 Å². The summed E-state index contributed by atoms with van der Waals surface area (Å²) in [5, 5.41) is 0. The zero-order valence-electron chi connectivity index (χ0n) is 9.33. The monoisotopic (exact) mass is 204 g/mol. The van der Waals surface area contributed by atoms with Crippen molar-refractivity contribution >= 4 is 0 Å². The molecule has 0 aromatic carbocycles. The van der Waals surface area contributed by atoms with Gasteiger partial charge in [0.2, 0.25) is 0 Å². The lowest BCUT2D eigenvalue weighted by Gasteiger charge is -2.04. The zero-order chi connectivity index (χ0) is 11.7. The minimum Gasteiger partial charge on any atom is -0.207 e. The summed E-state index contributed by atoms with van der Waals surface area (Å²) >= 11 is 0. The summed E-state index contributed by atoms with van der Waals surface area (Å²) < 4.78 is 13.5. The van der Waals surface area contributed by atoms with Gasteiger partial charge in [-0.05, 0) is 19.4 Å². The maximum atomic E-state index is 13.5. The molecule has 80 valence electrons. The predicted octanol–water partition coefficient (Wildman–Crippen LogP) is 4.66. The molecule has 0 spiro atoms. The normalized spacial score (nSPS) is 14.5. The molecule has 0 saturated heterocycles. The van der Waals surface area contributed by atoms with Gasteiger partial charge in [-0.15, -0.1) is 0 Å². The average Bonchev–Trinajstić information content (AvgIpc) is 2.25. The third kappa shape index (κ3) is 4.41. The Kier molecular flexibility index (Phi) is 6.90. The third-order valence-corrected chi connectivity index (χ3v) is 1.75. The lowest BCUT2D eigenvalue weighted by Crippen LogP contribution is -1.88. The second-order valence-electron chi connectivity index (χ2n) is 2.81. The van der Waals surface area contributed by atoms with Gasteiger partial charge in [0, 0.05) is 5.57 Å². The van der Waals surface area contributed by atoms with Crippen LogP contribution in [0.4, 0.5) is 4.39 Å². The van der Waals surface area contributed by atoms with Gasteiger partial charge in [-0.1, -0.05) is 55.7 Å². The Bertz CT molecular complexity index is 338. The molecule has 0 radical (unpaired) electrons. The lowest BCUT2D eigenvalue weighted by atomic mass is 10.0. The van der Waals surface area contributed by atoms with Gasteiger partial charge >= 0.3 is 0 Å². The summed E-state index contributed by atoms with van der Waals surface area (Å²) in [5.74, 6) is -0.263. The van der Waals surface area contributed by atoms with E-state index in [1.54, 1.807) is 31.2 Å². The molecule has 0 aliphatic carbocycles. The highest BCUT2D eigenvalue weighted by molar-refractivity contribution is 5.51. The Morgan fingerprint density at radius 1 is 1.07 bits per heavy atom. The van der Waals surface area contributed by atoms with Gasteiger partial charge in [0.1, 0.15) is 5.83 Å². The fourth-order valence-corrected chi connectivity index (χ4v) is 1.13. The Balaban J connectivity index is 5.39. The number of hydrogen-bond acceptors (Lipinski definition) is 0. The number of halogens is 1. The molecule has 0 amide bonds. The number of rotatable bonds is 5. The molecular weight excluding hydrogens is 187 g/mol. The van der Waals surface area contributed by atoms with Crippen molar-refractivity contribution in [3.05, 3.63) is 72.7 Å². The van der Waals surface area contributed by atoms with Crippen molar-refractivity contribution in [2.75, 3.05) is 0 Å². The standard InChI is InChI=1S/C14H17F/c1-5-9-12(10-6-2)13(11-7-3)14(15)8-4/h5-11H,1,3H2,2,4H3/b10-6-,12-9+,13-11-,14-8+. The number of hydrogen-bond donors (Lipinski definition) is 0. The fraction of sp³-hybridized carbons (Fsp3) is 0.143. The van der Waals surface area contributed by atoms with Crippen LogP contribution in [0.25, 0.3) is 0 Å². The van der Waals surface area contributed by atoms with Crippen LogP contribution in [0.1, 0.15) is 13.8 Å². The molecule has 0 N–H and O–H groups in total. The van der Waals surface area contributed by atoms with Crippen LogP contribution in [-0.2, 0) is 0 Å². The first-order chi connectivity index (χ1) is 7.21. The minimum atomic E-state index is -0.263. The molecule has 0 saturated carbocycles. The van der Waals surface area contributed by atoms with Gasteiger partial charge in [-0.3, -0.25) is 0 Å². The molecule has 0 bridgehead atoms. The van der Waals surface area contributed by atoms with Crippen molar-refractivity contribution < 1.29 is 4.39 Å². The maximum Gasteiger partial charge on any atom is 0.126 e. The molecule has 0 fully saturated rings. The molecule has 15 heavy (non-hydrogen) atoms. The molecular formula is C14H17F. The average molecular weight is 204 g/mol. The van der Waals surface area contributed by atoms with Gasteiger partial charge in [0.15, 0.2) is 0 Å². The molecule has 0 aliphatic heterocycles. The second kappa shape index (κ2) is 7.74.